The Morgan fingerprint density at radius 2 is 2.32 bits per heavy atom. The first-order chi connectivity index (χ1) is 9.13. The highest BCUT2D eigenvalue weighted by Gasteiger charge is 2.03. The maximum absolute atomic E-state index is 11.5. The molecule has 1 aromatic rings. The standard InChI is InChI=1S/C12H18ClN5O/c1-2-3-4-7-16-12(19)18-11(14)17-10-9(13)6-5-8-15-10/h5-6,8H,2-4,7H2,1H3,(H4,14,15,16,17,18,19). The Balaban J connectivity index is 2.44. The highest BCUT2D eigenvalue weighted by Crippen LogP contribution is 2.19. The Morgan fingerprint density at radius 1 is 1.53 bits per heavy atom. The molecule has 0 saturated carbocycles. The molecular weight excluding hydrogens is 266 g/mol. The predicted molar refractivity (Wildman–Crippen MR) is 76.6 cm³/mol. The average Bonchev–Trinajstić information content (AvgIpc) is 2.37. The quantitative estimate of drug-likeness (QED) is 0.439. The first kappa shape index (κ1) is 15.2. The van der Waals surface area contributed by atoms with Crippen LogP contribution in [0.5, 0.6) is 0 Å². The lowest BCUT2D eigenvalue weighted by molar-refractivity contribution is 0.245. The number of guanidine groups is 1. The van der Waals surface area contributed by atoms with Crippen molar-refractivity contribution in [1.29, 1.82) is 0 Å². The van der Waals surface area contributed by atoms with Gasteiger partial charge < -0.3 is 11.1 Å². The van der Waals surface area contributed by atoms with E-state index in [0.29, 0.717) is 11.6 Å². The number of amides is 2. The monoisotopic (exact) mass is 283 g/mol. The zero-order chi connectivity index (χ0) is 14.1. The van der Waals surface area contributed by atoms with Crippen LogP contribution in [0.3, 0.4) is 0 Å². The minimum atomic E-state index is -0.385. The van der Waals surface area contributed by atoms with E-state index in [9.17, 15) is 4.79 Å². The van der Waals surface area contributed by atoms with Crippen molar-refractivity contribution < 1.29 is 4.79 Å². The number of urea groups is 1. The SMILES string of the molecule is CCCCCNC(=O)N/C(N)=N/c1ncccc1Cl. The number of carbonyl (C=O) groups is 1. The van der Waals surface area contributed by atoms with E-state index in [0.717, 1.165) is 19.3 Å². The van der Waals surface area contributed by atoms with E-state index in [1.807, 2.05) is 0 Å². The summed E-state index contributed by atoms with van der Waals surface area (Å²) in [5.41, 5.74) is 5.59. The lowest BCUT2D eigenvalue weighted by Crippen LogP contribution is -2.43. The van der Waals surface area contributed by atoms with Gasteiger partial charge in [-0.15, -0.1) is 0 Å². The molecule has 1 heterocycles. The number of aromatic nitrogens is 1. The van der Waals surface area contributed by atoms with E-state index in [1.54, 1.807) is 18.3 Å². The summed E-state index contributed by atoms with van der Waals surface area (Å²) in [6.07, 6.45) is 4.66. The molecule has 0 radical (unpaired) electrons. The minimum Gasteiger partial charge on any atom is -0.369 e. The molecule has 6 nitrogen and oxygen atoms in total. The van der Waals surface area contributed by atoms with Gasteiger partial charge in [0, 0.05) is 12.7 Å². The minimum absolute atomic E-state index is 0.0476. The predicted octanol–water partition coefficient (Wildman–Crippen LogP) is 2.17. The summed E-state index contributed by atoms with van der Waals surface area (Å²) in [5.74, 6) is 0.224. The van der Waals surface area contributed by atoms with Crippen LogP contribution in [-0.2, 0) is 0 Å². The number of pyridine rings is 1. The number of nitrogens with zero attached hydrogens (tertiary/aromatic N) is 2. The first-order valence-electron chi connectivity index (χ1n) is 6.13. The largest absolute Gasteiger partial charge is 0.369 e. The Hall–Kier alpha value is -1.82. The molecule has 0 aromatic carbocycles. The lowest BCUT2D eigenvalue weighted by Gasteiger charge is -2.06. The van der Waals surface area contributed by atoms with Gasteiger partial charge in [0.05, 0.1) is 5.02 Å². The third-order valence-electron chi connectivity index (χ3n) is 2.27. The number of carbonyl (C=O) groups excluding carboxylic acids is 1. The molecule has 4 N–H and O–H groups in total. The van der Waals surface area contributed by atoms with Gasteiger partial charge in [-0.3, -0.25) is 5.32 Å². The topological polar surface area (TPSA) is 92.4 Å². The summed E-state index contributed by atoms with van der Waals surface area (Å²) in [6.45, 7) is 2.71. The van der Waals surface area contributed by atoms with Crippen molar-refractivity contribution in [3.05, 3.63) is 23.4 Å². The fraction of sp³-hybridized carbons (Fsp3) is 0.417. The van der Waals surface area contributed by atoms with Gasteiger partial charge in [0.1, 0.15) is 0 Å². The van der Waals surface area contributed by atoms with Crippen LogP contribution in [0.2, 0.25) is 5.02 Å². The van der Waals surface area contributed by atoms with Gasteiger partial charge in [0.25, 0.3) is 0 Å². The van der Waals surface area contributed by atoms with Crippen molar-refractivity contribution >= 4 is 29.4 Å². The molecule has 0 saturated heterocycles. The molecule has 1 aromatic heterocycles. The van der Waals surface area contributed by atoms with Gasteiger partial charge in [0.2, 0.25) is 5.96 Å². The van der Waals surface area contributed by atoms with E-state index in [4.69, 9.17) is 17.3 Å². The van der Waals surface area contributed by atoms with Gasteiger partial charge in [-0.2, -0.15) is 4.99 Å². The summed E-state index contributed by atoms with van der Waals surface area (Å²) >= 11 is 5.87. The van der Waals surface area contributed by atoms with Crippen molar-refractivity contribution in [3.8, 4) is 0 Å². The van der Waals surface area contributed by atoms with Gasteiger partial charge in [-0.1, -0.05) is 31.4 Å². The van der Waals surface area contributed by atoms with Gasteiger partial charge in [0.15, 0.2) is 5.82 Å². The molecule has 0 atom stereocenters. The highest BCUT2D eigenvalue weighted by atomic mass is 35.5. The second-order valence-electron chi connectivity index (χ2n) is 3.89. The molecule has 0 spiro atoms. The smallest absolute Gasteiger partial charge is 0.321 e. The Bertz CT molecular complexity index is 450. The fourth-order valence-corrected chi connectivity index (χ4v) is 1.50. The Kier molecular flexibility index (Phi) is 6.67. The van der Waals surface area contributed by atoms with E-state index in [2.05, 4.69) is 27.5 Å². The number of rotatable bonds is 5. The lowest BCUT2D eigenvalue weighted by atomic mass is 10.2. The summed E-state index contributed by atoms with van der Waals surface area (Å²) in [4.78, 5) is 19.3. The second kappa shape index (κ2) is 8.31. The maximum Gasteiger partial charge on any atom is 0.321 e. The van der Waals surface area contributed by atoms with Crippen molar-refractivity contribution in [2.45, 2.75) is 26.2 Å². The molecule has 19 heavy (non-hydrogen) atoms. The van der Waals surface area contributed by atoms with Gasteiger partial charge in [-0.05, 0) is 18.6 Å². The normalized spacial score (nSPS) is 11.2. The van der Waals surface area contributed by atoms with E-state index in [-0.39, 0.29) is 17.8 Å². The van der Waals surface area contributed by atoms with Gasteiger partial charge in [-0.25, -0.2) is 9.78 Å². The molecule has 0 fully saturated rings. The summed E-state index contributed by atoms with van der Waals surface area (Å²) in [7, 11) is 0. The Morgan fingerprint density at radius 3 is 3.00 bits per heavy atom. The van der Waals surface area contributed by atoms with Gasteiger partial charge >= 0.3 is 6.03 Å². The zero-order valence-electron chi connectivity index (χ0n) is 10.8. The molecule has 0 aliphatic heterocycles. The summed E-state index contributed by atoms with van der Waals surface area (Å²) in [6, 6.07) is 2.95. The molecule has 1 rings (SSSR count). The van der Waals surface area contributed by atoms with Crippen molar-refractivity contribution in [1.82, 2.24) is 15.6 Å². The number of unbranched alkanes of at least 4 members (excludes halogenated alkanes) is 2. The fourth-order valence-electron chi connectivity index (χ4n) is 1.34. The maximum atomic E-state index is 11.5. The molecule has 104 valence electrons. The van der Waals surface area contributed by atoms with Crippen molar-refractivity contribution in [3.63, 3.8) is 0 Å². The van der Waals surface area contributed by atoms with Crippen LogP contribution < -0.4 is 16.4 Å². The average molecular weight is 284 g/mol. The molecule has 0 aliphatic rings. The summed E-state index contributed by atoms with van der Waals surface area (Å²) < 4.78 is 0. The molecule has 0 bridgehead atoms. The third-order valence-corrected chi connectivity index (χ3v) is 2.57. The van der Waals surface area contributed by atoms with Crippen LogP contribution in [-0.4, -0.2) is 23.5 Å². The van der Waals surface area contributed by atoms with Crippen LogP contribution >= 0.6 is 11.6 Å². The van der Waals surface area contributed by atoms with Crippen molar-refractivity contribution in [2.24, 2.45) is 10.7 Å². The van der Waals surface area contributed by atoms with Crippen molar-refractivity contribution in [2.75, 3.05) is 6.54 Å². The molecule has 0 aliphatic carbocycles. The zero-order valence-corrected chi connectivity index (χ0v) is 11.6. The number of halogens is 1. The van der Waals surface area contributed by atoms with E-state index < -0.39 is 0 Å². The van der Waals surface area contributed by atoms with E-state index in [1.165, 1.54) is 0 Å². The Labute approximate surface area is 117 Å². The molecule has 0 unspecified atom stereocenters. The number of nitrogens with two attached hydrogens (primary N) is 1. The third kappa shape index (κ3) is 6.05. The highest BCUT2D eigenvalue weighted by molar-refractivity contribution is 6.32. The molecule has 2 amide bonds. The van der Waals surface area contributed by atoms with Crippen LogP contribution in [0, 0.1) is 0 Å². The molecular formula is C12H18ClN5O. The number of nitrogens with one attached hydrogen (secondary N) is 2. The second-order valence-corrected chi connectivity index (χ2v) is 4.30. The number of aliphatic imine (C=N–C) groups is 1. The molecule has 7 heteroatoms. The van der Waals surface area contributed by atoms with Crippen LogP contribution in [0.25, 0.3) is 0 Å². The van der Waals surface area contributed by atoms with Crippen LogP contribution in [0.1, 0.15) is 26.2 Å². The first-order valence-corrected chi connectivity index (χ1v) is 6.50. The number of hydrogen-bond acceptors (Lipinski definition) is 3. The summed E-state index contributed by atoms with van der Waals surface area (Å²) in [5, 5.41) is 5.47. The van der Waals surface area contributed by atoms with Crippen LogP contribution in [0.4, 0.5) is 10.6 Å². The van der Waals surface area contributed by atoms with E-state index >= 15 is 0 Å². The number of hydrogen-bond donors (Lipinski definition) is 3. The van der Waals surface area contributed by atoms with Crippen LogP contribution in [0.15, 0.2) is 23.3 Å².